The van der Waals surface area contributed by atoms with E-state index in [0.29, 0.717) is 0 Å². The van der Waals surface area contributed by atoms with Gasteiger partial charge in [0.25, 0.3) is 0 Å². The highest BCUT2D eigenvalue weighted by atomic mass is 32.2. The first-order valence-electron chi connectivity index (χ1n) is 6.81. The predicted octanol–water partition coefficient (Wildman–Crippen LogP) is 3.26. The number of nitrogens with one attached hydrogen (secondary N) is 1. The second kappa shape index (κ2) is 7.26. The molecule has 0 saturated heterocycles. The predicted molar refractivity (Wildman–Crippen MR) is 75.9 cm³/mol. The topological polar surface area (TPSA) is 46.2 Å². The van der Waals surface area contributed by atoms with Gasteiger partial charge in [0, 0.05) is 6.04 Å². The lowest BCUT2D eigenvalue weighted by molar-refractivity contribution is -0.139. The maximum Gasteiger partial charge on any atom is 0.417 e. The Morgan fingerprint density at radius 1 is 1.24 bits per heavy atom. The molecule has 1 rings (SSSR count). The van der Waals surface area contributed by atoms with Crippen molar-refractivity contribution in [1.29, 1.82) is 0 Å². The molecule has 120 valence electrons. The minimum absolute atomic E-state index is 0.0576. The summed E-state index contributed by atoms with van der Waals surface area (Å²) in [6, 6.07) is 4.25. The van der Waals surface area contributed by atoms with Crippen LogP contribution in [0.2, 0.25) is 0 Å². The third kappa shape index (κ3) is 5.32. The lowest BCUT2D eigenvalue weighted by Crippen LogP contribution is -2.29. The van der Waals surface area contributed by atoms with Crippen molar-refractivity contribution >= 4 is 9.84 Å². The first-order chi connectivity index (χ1) is 9.68. The van der Waals surface area contributed by atoms with Crippen molar-refractivity contribution in [1.82, 2.24) is 5.32 Å². The van der Waals surface area contributed by atoms with E-state index in [4.69, 9.17) is 0 Å². The molecular formula is C14H20F3NO2S. The Kier molecular flexibility index (Phi) is 6.22. The van der Waals surface area contributed by atoms with E-state index in [1.807, 2.05) is 13.8 Å². The summed E-state index contributed by atoms with van der Waals surface area (Å²) in [6.45, 7) is 4.55. The summed E-state index contributed by atoms with van der Waals surface area (Å²) in [6.07, 6.45) is -3.49. The Hall–Kier alpha value is -1.08. The van der Waals surface area contributed by atoms with Gasteiger partial charge >= 0.3 is 6.18 Å². The molecule has 7 heteroatoms. The number of halogens is 3. The molecule has 1 aromatic rings. The summed E-state index contributed by atoms with van der Waals surface area (Å²) in [7, 11) is -3.95. The molecule has 0 radical (unpaired) electrons. The molecule has 0 aromatic heterocycles. The van der Waals surface area contributed by atoms with E-state index >= 15 is 0 Å². The van der Waals surface area contributed by atoms with Crippen LogP contribution < -0.4 is 5.32 Å². The fourth-order valence-corrected chi connectivity index (χ4v) is 3.60. The second-order valence-electron chi connectivity index (χ2n) is 4.96. The Morgan fingerprint density at radius 3 is 2.43 bits per heavy atom. The zero-order valence-electron chi connectivity index (χ0n) is 12.1. The Labute approximate surface area is 123 Å². The first-order valence-corrected chi connectivity index (χ1v) is 8.46. The molecule has 21 heavy (non-hydrogen) atoms. The fraction of sp³-hybridized carbons (Fsp3) is 0.571. The molecule has 1 N–H and O–H groups in total. The number of alkyl halides is 3. The number of hydrogen-bond acceptors (Lipinski definition) is 3. The van der Waals surface area contributed by atoms with Crippen molar-refractivity contribution in [3.05, 3.63) is 29.8 Å². The molecule has 0 saturated carbocycles. The van der Waals surface area contributed by atoms with Crippen LogP contribution in [0.3, 0.4) is 0 Å². The quantitative estimate of drug-likeness (QED) is 0.838. The molecule has 0 aliphatic rings. The summed E-state index contributed by atoms with van der Waals surface area (Å²) in [5.41, 5.74) is -1.10. The Morgan fingerprint density at radius 2 is 1.86 bits per heavy atom. The van der Waals surface area contributed by atoms with E-state index in [1.165, 1.54) is 12.1 Å². The minimum Gasteiger partial charge on any atom is -0.314 e. The van der Waals surface area contributed by atoms with Gasteiger partial charge < -0.3 is 5.32 Å². The van der Waals surface area contributed by atoms with Crippen molar-refractivity contribution in [3.63, 3.8) is 0 Å². The van der Waals surface area contributed by atoms with E-state index < -0.39 is 26.5 Å². The summed E-state index contributed by atoms with van der Waals surface area (Å²) < 4.78 is 62.9. The third-order valence-electron chi connectivity index (χ3n) is 3.09. The molecular weight excluding hydrogens is 303 g/mol. The van der Waals surface area contributed by atoms with Gasteiger partial charge in [-0.05, 0) is 38.4 Å². The van der Waals surface area contributed by atoms with Gasteiger partial charge in [-0.3, -0.25) is 0 Å². The SMILES string of the molecule is CCCNC(C)CCS(=O)(=O)c1ccccc1C(F)(F)F. The molecule has 0 aliphatic heterocycles. The standard InChI is InChI=1S/C14H20F3NO2S/c1-3-9-18-11(2)8-10-21(19,20)13-7-5-4-6-12(13)14(15,16)17/h4-7,11,18H,3,8-10H2,1-2H3. The summed E-state index contributed by atoms with van der Waals surface area (Å²) >= 11 is 0. The van der Waals surface area contributed by atoms with Gasteiger partial charge in [0.05, 0.1) is 16.2 Å². The van der Waals surface area contributed by atoms with Gasteiger partial charge in [0.15, 0.2) is 9.84 Å². The monoisotopic (exact) mass is 323 g/mol. The largest absolute Gasteiger partial charge is 0.417 e. The summed E-state index contributed by atoms with van der Waals surface area (Å²) in [5, 5.41) is 3.11. The molecule has 0 heterocycles. The molecule has 0 aliphatic carbocycles. The smallest absolute Gasteiger partial charge is 0.314 e. The van der Waals surface area contributed by atoms with E-state index in [0.717, 1.165) is 25.1 Å². The minimum atomic E-state index is -4.67. The van der Waals surface area contributed by atoms with Gasteiger partial charge in [-0.25, -0.2) is 8.42 Å². The van der Waals surface area contributed by atoms with Crippen LogP contribution in [0.5, 0.6) is 0 Å². The lowest BCUT2D eigenvalue weighted by Gasteiger charge is -2.15. The third-order valence-corrected chi connectivity index (χ3v) is 4.89. The number of rotatable bonds is 7. The van der Waals surface area contributed by atoms with Gasteiger partial charge in [-0.1, -0.05) is 19.1 Å². The fourth-order valence-electron chi connectivity index (χ4n) is 1.91. The summed E-state index contributed by atoms with van der Waals surface area (Å²) in [5.74, 6) is -0.308. The zero-order chi connectivity index (χ0) is 16.1. The average molecular weight is 323 g/mol. The highest BCUT2D eigenvalue weighted by molar-refractivity contribution is 7.91. The number of benzene rings is 1. The normalized spacial score (nSPS) is 14.1. The maximum absolute atomic E-state index is 12.9. The molecule has 1 aromatic carbocycles. The van der Waals surface area contributed by atoms with E-state index in [9.17, 15) is 21.6 Å². The first kappa shape index (κ1) is 18.0. The zero-order valence-corrected chi connectivity index (χ0v) is 12.9. The second-order valence-corrected chi connectivity index (χ2v) is 7.03. The maximum atomic E-state index is 12.9. The Balaban J connectivity index is 2.89. The van der Waals surface area contributed by atoms with Crippen molar-refractivity contribution in [2.75, 3.05) is 12.3 Å². The van der Waals surface area contributed by atoms with E-state index in [-0.39, 0.29) is 18.2 Å². The molecule has 1 atom stereocenters. The van der Waals surface area contributed by atoms with Crippen LogP contribution in [-0.2, 0) is 16.0 Å². The summed E-state index contributed by atoms with van der Waals surface area (Å²) in [4.78, 5) is -0.639. The number of hydrogen-bond donors (Lipinski definition) is 1. The van der Waals surface area contributed by atoms with Crippen LogP contribution in [0.15, 0.2) is 29.2 Å². The van der Waals surface area contributed by atoms with Crippen LogP contribution in [0, 0.1) is 0 Å². The molecule has 1 unspecified atom stereocenters. The van der Waals surface area contributed by atoms with Crippen molar-refractivity contribution < 1.29 is 21.6 Å². The van der Waals surface area contributed by atoms with Crippen molar-refractivity contribution in [3.8, 4) is 0 Å². The van der Waals surface area contributed by atoms with E-state index in [1.54, 1.807) is 0 Å². The van der Waals surface area contributed by atoms with Gasteiger partial charge in [0.2, 0.25) is 0 Å². The number of sulfone groups is 1. The highest BCUT2D eigenvalue weighted by Crippen LogP contribution is 2.34. The Bertz CT molecular complexity index is 556. The van der Waals surface area contributed by atoms with E-state index in [2.05, 4.69) is 5.32 Å². The van der Waals surface area contributed by atoms with Gasteiger partial charge in [-0.2, -0.15) is 13.2 Å². The molecule has 0 amide bonds. The van der Waals surface area contributed by atoms with Crippen LogP contribution in [0.4, 0.5) is 13.2 Å². The van der Waals surface area contributed by atoms with Gasteiger partial charge in [0.1, 0.15) is 0 Å². The molecule has 0 fully saturated rings. The average Bonchev–Trinajstić information content (AvgIpc) is 2.42. The van der Waals surface area contributed by atoms with Gasteiger partial charge in [-0.15, -0.1) is 0 Å². The highest BCUT2D eigenvalue weighted by Gasteiger charge is 2.36. The lowest BCUT2D eigenvalue weighted by atomic mass is 10.2. The molecule has 0 bridgehead atoms. The van der Waals surface area contributed by atoms with Crippen molar-refractivity contribution in [2.24, 2.45) is 0 Å². The van der Waals surface area contributed by atoms with Crippen molar-refractivity contribution in [2.45, 2.75) is 43.8 Å². The van der Waals surface area contributed by atoms with Crippen LogP contribution in [0.25, 0.3) is 0 Å². The van der Waals surface area contributed by atoms with Crippen LogP contribution in [-0.4, -0.2) is 26.8 Å². The van der Waals surface area contributed by atoms with Crippen LogP contribution >= 0.6 is 0 Å². The molecule has 3 nitrogen and oxygen atoms in total. The van der Waals surface area contributed by atoms with Crippen LogP contribution in [0.1, 0.15) is 32.3 Å². The molecule has 0 spiro atoms.